The van der Waals surface area contributed by atoms with Crippen molar-refractivity contribution in [1.29, 1.82) is 0 Å². The molecule has 0 bridgehead atoms. The minimum absolute atomic E-state index is 0.0185. The summed E-state index contributed by atoms with van der Waals surface area (Å²) >= 11 is 1.24. The minimum atomic E-state index is -1.86. The van der Waals surface area contributed by atoms with Gasteiger partial charge < -0.3 is 85.0 Å². The number of thioether (sulfide) groups is 1. The number of carboxylic acids is 3. The molecule has 11 N–H and O–H groups in total. The lowest BCUT2D eigenvalue weighted by atomic mass is 9.94. The summed E-state index contributed by atoms with van der Waals surface area (Å²) in [6, 6.07) is -2.01. The smallest absolute Gasteiger partial charge is 0.335 e. The van der Waals surface area contributed by atoms with Gasteiger partial charge in [-0.15, -0.1) is 10.2 Å². The molecule has 394 valence electrons. The van der Waals surface area contributed by atoms with Crippen molar-refractivity contribution in [2.24, 2.45) is 11.8 Å². The lowest BCUT2D eigenvalue weighted by Crippen LogP contribution is -2.60. The van der Waals surface area contributed by atoms with Crippen LogP contribution in [0.25, 0.3) is 0 Å². The van der Waals surface area contributed by atoms with Crippen LogP contribution < -0.4 is 10.6 Å². The van der Waals surface area contributed by atoms with Crippen LogP contribution in [0.2, 0.25) is 0 Å². The van der Waals surface area contributed by atoms with Crippen molar-refractivity contribution in [3.05, 3.63) is 23.8 Å². The number of rotatable bonds is 32. The van der Waals surface area contributed by atoms with Crippen molar-refractivity contribution in [2.75, 3.05) is 58.7 Å². The Morgan fingerprint density at radius 2 is 1.13 bits per heavy atom. The van der Waals surface area contributed by atoms with Gasteiger partial charge >= 0.3 is 17.9 Å². The summed E-state index contributed by atoms with van der Waals surface area (Å²) < 4.78 is 34.5. The number of aliphatic carboxylic acids is 3. The number of ketones is 2. The van der Waals surface area contributed by atoms with Crippen LogP contribution in [0.5, 0.6) is 0 Å². The van der Waals surface area contributed by atoms with Gasteiger partial charge in [0, 0.05) is 49.7 Å². The normalized spacial score (nSPS) is 26.5. The standard InChI is InChI=1S/C40H62N8O21S/c1-19(12-25(49)23(41-2)14-21-16-47(45-43-21)4-6-64-8-10-66-39-31(55)27(51)29(53)33(68-39)37(60)61)35(57)42-24(26(50)13-20(18-70-3)36(58)59)15-22-17-48(46-44-22)5-7-65-9-11-67-40-32(56)28(52)30(54)34(69-40)38(62)63/h16-17,19-20,23-24,27-34,39-41,51-56H,4-15,18H2,1-3H3,(H,42,57)(H,58,59)(H,60,61)(H,62,63)/t19-,20-,23+,24+,27+,28+,29?,30?,31+,32+,33?,34?,39?,40?/m1/s1. The Morgan fingerprint density at radius 1 is 0.671 bits per heavy atom. The van der Waals surface area contributed by atoms with Crippen LogP contribution in [-0.2, 0) is 83.1 Å². The Kier molecular flexibility index (Phi) is 23.5. The molecule has 2 aliphatic heterocycles. The summed E-state index contributed by atoms with van der Waals surface area (Å²) in [7, 11) is 1.56. The highest BCUT2D eigenvalue weighted by Crippen LogP contribution is 2.24. The number of aliphatic hydroxyl groups is 6. The van der Waals surface area contributed by atoms with Gasteiger partial charge in [-0.05, 0) is 13.3 Å². The third-order valence-electron chi connectivity index (χ3n) is 11.1. The van der Waals surface area contributed by atoms with Gasteiger partial charge in [0.25, 0.3) is 0 Å². The van der Waals surface area contributed by atoms with E-state index >= 15 is 0 Å². The van der Waals surface area contributed by atoms with Crippen LogP contribution in [-0.4, -0.2) is 244 Å². The number of hydrogen-bond acceptors (Lipinski definition) is 24. The maximum atomic E-state index is 13.6. The number of carboxylic acid groups (broad SMARTS) is 3. The first kappa shape index (κ1) is 57.9. The van der Waals surface area contributed by atoms with Gasteiger partial charge in [-0.1, -0.05) is 17.4 Å². The second-order valence-corrected chi connectivity index (χ2v) is 17.3. The van der Waals surface area contributed by atoms with Crippen LogP contribution >= 0.6 is 11.8 Å². The van der Waals surface area contributed by atoms with Gasteiger partial charge in [0.1, 0.15) is 36.6 Å². The number of likely N-dealkylation sites (N-methyl/N-ethyl adjacent to an activating group) is 1. The van der Waals surface area contributed by atoms with Gasteiger partial charge in [0.2, 0.25) is 5.91 Å². The van der Waals surface area contributed by atoms with Crippen molar-refractivity contribution in [1.82, 2.24) is 40.6 Å². The van der Waals surface area contributed by atoms with E-state index in [1.807, 2.05) is 0 Å². The molecular formula is C40H62N8O21S. The first-order valence-electron chi connectivity index (χ1n) is 22.0. The molecule has 2 fully saturated rings. The molecule has 0 aliphatic carbocycles. The molecule has 1 amide bonds. The van der Waals surface area contributed by atoms with E-state index in [4.69, 9.17) is 33.5 Å². The molecule has 0 radical (unpaired) electrons. The number of aromatic nitrogens is 6. The zero-order chi connectivity index (χ0) is 51.7. The first-order valence-corrected chi connectivity index (χ1v) is 23.4. The molecule has 2 saturated heterocycles. The average Bonchev–Trinajstić information content (AvgIpc) is 3.98. The average molecular weight is 1020 g/mol. The van der Waals surface area contributed by atoms with Crippen LogP contribution in [0.15, 0.2) is 12.4 Å². The molecule has 30 heteroatoms. The van der Waals surface area contributed by atoms with Crippen molar-refractivity contribution in [2.45, 2.75) is 119 Å². The molecule has 2 aliphatic rings. The van der Waals surface area contributed by atoms with E-state index in [2.05, 4.69) is 31.3 Å². The maximum Gasteiger partial charge on any atom is 0.335 e. The fourth-order valence-corrected chi connectivity index (χ4v) is 7.79. The van der Waals surface area contributed by atoms with Gasteiger partial charge in [-0.25, -0.2) is 19.0 Å². The molecular weight excluding hydrogens is 961 g/mol. The molecule has 4 rings (SSSR count). The lowest BCUT2D eigenvalue weighted by Gasteiger charge is -2.38. The number of Topliss-reactive ketones (excluding diaryl/α,β-unsaturated/α-hetero) is 2. The van der Waals surface area contributed by atoms with Crippen molar-refractivity contribution in [3.63, 3.8) is 0 Å². The van der Waals surface area contributed by atoms with E-state index in [9.17, 15) is 69.6 Å². The molecule has 0 saturated carbocycles. The van der Waals surface area contributed by atoms with E-state index in [0.717, 1.165) is 0 Å². The fraction of sp³-hybridized carbons (Fsp3) is 0.750. The first-order chi connectivity index (χ1) is 33.2. The number of ether oxygens (including phenoxy) is 6. The van der Waals surface area contributed by atoms with E-state index in [1.165, 1.54) is 34.2 Å². The van der Waals surface area contributed by atoms with Crippen LogP contribution in [0.3, 0.4) is 0 Å². The van der Waals surface area contributed by atoms with Crippen LogP contribution in [0.4, 0.5) is 0 Å². The van der Waals surface area contributed by atoms with E-state index in [-0.39, 0.29) is 89.2 Å². The summed E-state index contributed by atoms with van der Waals surface area (Å²) in [6.07, 6.45) is -13.3. The summed E-state index contributed by atoms with van der Waals surface area (Å²) in [4.78, 5) is 75.1. The number of hydrogen-bond donors (Lipinski definition) is 11. The lowest BCUT2D eigenvalue weighted by molar-refractivity contribution is -0.295. The predicted molar refractivity (Wildman–Crippen MR) is 232 cm³/mol. The molecule has 4 heterocycles. The molecule has 2 aromatic heterocycles. The number of carbonyl (C=O) groups excluding carboxylic acids is 3. The Balaban J connectivity index is 1.24. The Morgan fingerprint density at radius 3 is 1.56 bits per heavy atom. The van der Waals surface area contributed by atoms with Crippen molar-refractivity contribution >= 4 is 47.1 Å². The van der Waals surface area contributed by atoms with Gasteiger partial charge in [0.05, 0.1) is 82.1 Å². The third-order valence-corrected chi connectivity index (χ3v) is 11.9. The number of nitrogens with zero attached hydrogens (tertiary/aromatic N) is 6. The number of aliphatic hydroxyl groups excluding tert-OH is 6. The summed E-state index contributed by atoms with van der Waals surface area (Å²) in [6.45, 7) is 1.65. The molecule has 0 spiro atoms. The van der Waals surface area contributed by atoms with Crippen molar-refractivity contribution < 1.29 is 103 Å². The topological polar surface area (TPSA) is 425 Å². The summed E-state index contributed by atoms with van der Waals surface area (Å²) in [5.74, 6) is -7.66. The van der Waals surface area contributed by atoms with Crippen LogP contribution in [0, 0.1) is 11.8 Å². The predicted octanol–water partition coefficient (Wildman–Crippen LogP) is -5.80. The number of carbonyl (C=O) groups is 6. The van der Waals surface area contributed by atoms with Gasteiger partial charge in [0.15, 0.2) is 36.4 Å². The highest BCUT2D eigenvalue weighted by Gasteiger charge is 2.48. The van der Waals surface area contributed by atoms with Gasteiger partial charge in [-0.3, -0.25) is 19.2 Å². The zero-order valence-corrected chi connectivity index (χ0v) is 39.3. The largest absolute Gasteiger partial charge is 0.481 e. The van der Waals surface area contributed by atoms with E-state index < -0.39 is 121 Å². The number of amides is 1. The Labute approximate surface area is 403 Å². The zero-order valence-electron chi connectivity index (χ0n) is 38.4. The summed E-state index contributed by atoms with van der Waals surface area (Å²) in [5, 5.41) is 110. The van der Waals surface area contributed by atoms with E-state index in [0.29, 0.717) is 5.69 Å². The Bertz CT molecular complexity index is 2010. The maximum absolute atomic E-state index is 13.6. The van der Waals surface area contributed by atoms with Gasteiger partial charge in [-0.2, -0.15) is 11.8 Å². The monoisotopic (exact) mass is 1020 g/mol. The quantitative estimate of drug-likeness (QED) is 0.0304. The number of nitrogens with one attached hydrogen (secondary N) is 2. The minimum Gasteiger partial charge on any atom is -0.481 e. The molecule has 6 unspecified atom stereocenters. The second kappa shape index (κ2) is 28.4. The van der Waals surface area contributed by atoms with Crippen molar-refractivity contribution in [3.8, 4) is 0 Å². The Hall–Kier alpha value is -4.67. The SMILES string of the molecule is CN[C@@H](Cc1cn(CCOCCOC2OC(C(=O)O)C(O)[C@H](O)[C@@H]2O)nn1)C(=O)C[C@@H](C)C(=O)N[C@@H](Cc1cn(CCOCCOC2OC(C(=O)O)C(O)[C@H](O)[C@@H]2O)nn1)C(=O)C[C@H](CSC)C(=O)O. The molecule has 29 nitrogen and oxygen atoms in total. The second-order valence-electron chi connectivity index (χ2n) is 16.4. The third kappa shape index (κ3) is 17.0. The fourth-order valence-electron chi connectivity index (χ4n) is 7.12. The molecule has 0 aromatic carbocycles. The summed E-state index contributed by atoms with van der Waals surface area (Å²) in [5.41, 5.74) is 0.712. The highest BCUT2D eigenvalue weighted by atomic mass is 32.2. The van der Waals surface area contributed by atoms with E-state index in [1.54, 1.807) is 19.5 Å². The molecule has 2 aromatic rings. The highest BCUT2D eigenvalue weighted by molar-refractivity contribution is 7.98. The molecule has 70 heavy (non-hydrogen) atoms. The van der Waals surface area contributed by atoms with Crippen LogP contribution in [0.1, 0.15) is 31.2 Å². The molecule has 14 atom stereocenters.